The van der Waals surface area contributed by atoms with Crippen LogP contribution in [0.3, 0.4) is 0 Å². The summed E-state index contributed by atoms with van der Waals surface area (Å²) in [5.41, 5.74) is 0. The highest BCUT2D eigenvalue weighted by Crippen LogP contribution is 2.32. The standard InChI is InChI=1S/C19H27N3O4S/c1-4-15-14-22(11-9-16(15)13-19(23)21(2)12-10-20)27(24,25)18-7-5-17(26-3)6-8-18/h5-8,15-16H,4,9,11-14H2,1-3H3/t15-,16-/m0/s1. The lowest BCUT2D eigenvalue weighted by molar-refractivity contribution is -0.131. The van der Waals surface area contributed by atoms with E-state index in [-0.39, 0.29) is 29.2 Å². The molecule has 7 nitrogen and oxygen atoms in total. The summed E-state index contributed by atoms with van der Waals surface area (Å²) < 4.78 is 32.5. The number of ether oxygens (including phenoxy) is 1. The molecule has 1 aromatic carbocycles. The van der Waals surface area contributed by atoms with Gasteiger partial charge >= 0.3 is 0 Å². The number of amides is 1. The molecule has 8 heteroatoms. The number of piperidine rings is 1. The summed E-state index contributed by atoms with van der Waals surface area (Å²) in [6.07, 6.45) is 1.79. The summed E-state index contributed by atoms with van der Waals surface area (Å²) in [7, 11) is -0.410. The minimum Gasteiger partial charge on any atom is -0.497 e. The average molecular weight is 394 g/mol. The summed E-state index contributed by atoms with van der Waals surface area (Å²) in [6, 6.07) is 8.37. The number of carbonyl (C=O) groups is 1. The van der Waals surface area contributed by atoms with Crippen molar-refractivity contribution in [1.29, 1.82) is 5.26 Å². The van der Waals surface area contributed by atoms with Gasteiger partial charge < -0.3 is 9.64 Å². The SMILES string of the molecule is CC[C@H]1CN(S(=O)(=O)c2ccc(OC)cc2)CC[C@H]1CC(=O)N(C)CC#N. The van der Waals surface area contributed by atoms with Crippen LogP contribution in [-0.2, 0) is 14.8 Å². The van der Waals surface area contributed by atoms with E-state index >= 15 is 0 Å². The molecule has 27 heavy (non-hydrogen) atoms. The van der Waals surface area contributed by atoms with Crippen molar-refractivity contribution in [3.63, 3.8) is 0 Å². The summed E-state index contributed by atoms with van der Waals surface area (Å²) >= 11 is 0. The van der Waals surface area contributed by atoms with Gasteiger partial charge in [0.2, 0.25) is 15.9 Å². The highest BCUT2D eigenvalue weighted by atomic mass is 32.2. The monoisotopic (exact) mass is 393 g/mol. The Morgan fingerprint density at radius 1 is 1.33 bits per heavy atom. The second-order valence-corrected chi connectivity index (χ2v) is 8.81. The van der Waals surface area contributed by atoms with Crippen LogP contribution in [0.15, 0.2) is 29.2 Å². The summed E-state index contributed by atoms with van der Waals surface area (Å²) in [5.74, 6) is 0.794. The highest BCUT2D eigenvalue weighted by molar-refractivity contribution is 7.89. The Labute approximate surface area is 161 Å². The molecule has 0 aliphatic carbocycles. The van der Waals surface area contributed by atoms with Crippen LogP contribution in [0.4, 0.5) is 0 Å². The maximum atomic E-state index is 12.9. The maximum Gasteiger partial charge on any atom is 0.243 e. The van der Waals surface area contributed by atoms with Crippen molar-refractivity contribution in [3.05, 3.63) is 24.3 Å². The number of benzene rings is 1. The molecule has 0 N–H and O–H groups in total. The lowest BCUT2D eigenvalue weighted by atomic mass is 9.82. The summed E-state index contributed by atoms with van der Waals surface area (Å²) in [5, 5.41) is 8.73. The molecule has 0 radical (unpaired) electrons. The third-order valence-electron chi connectivity index (χ3n) is 5.25. The molecule has 1 aromatic rings. The molecular formula is C19H27N3O4S. The molecule has 0 unspecified atom stereocenters. The Hall–Kier alpha value is -2.11. The van der Waals surface area contributed by atoms with Gasteiger partial charge in [0.15, 0.2) is 0 Å². The van der Waals surface area contributed by atoms with Gasteiger partial charge in [-0.2, -0.15) is 9.57 Å². The smallest absolute Gasteiger partial charge is 0.243 e. The molecule has 1 saturated heterocycles. The molecule has 1 aliphatic heterocycles. The van der Waals surface area contributed by atoms with Crippen molar-refractivity contribution in [2.24, 2.45) is 11.8 Å². The fourth-order valence-corrected chi connectivity index (χ4v) is 4.98. The van der Waals surface area contributed by atoms with Gasteiger partial charge in [0.1, 0.15) is 12.3 Å². The molecule has 148 valence electrons. The topological polar surface area (TPSA) is 90.7 Å². The Balaban J connectivity index is 2.08. The largest absolute Gasteiger partial charge is 0.497 e. The van der Waals surface area contributed by atoms with Gasteiger partial charge in [-0.25, -0.2) is 8.42 Å². The number of carbonyl (C=O) groups excluding carboxylic acids is 1. The van der Waals surface area contributed by atoms with Crippen LogP contribution in [0, 0.1) is 23.2 Å². The zero-order valence-corrected chi connectivity index (χ0v) is 16.9. The van der Waals surface area contributed by atoms with Crippen molar-refractivity contribution in [3.8, 4) is 11.8 Å². The van der Waals surface area contributed by atoms with Gasteiger partial charge in [0.25, 0.3) is 0 Å². The van der Waals surface area contributed by atoms with Gasteiger partial charge in [-0.05, 0) is 42.5 Å². The van der Waals surface area contributed by atoms with Crippen LogP contribution in [0.25, 0.3) is 0 Å². The van der Waals surface area contributed by atoms with Crippen LogP contribution in [0.5, 0.6) is 5.75 Å². The maximum absolute atomic E-state index is 12.9. The Morgan fingerprint density at radius 2 is 2.00 bits per heavy atom. The van der Waals surface area contributed by atoms with Crippen LogP contribution in [-0.4, -0.2) is 57.3 Å². The number of methoxy groups -OCH3 is 1. The molecule has 1 heterocycles. The summed E-state index contributed by atoms with van der Waals surface area (Å²) in [4.78, 5) is 13.9. The van der Waals surface area contributed by atoms with E-state index in [4.69, 9.17) is 10.00 Å². The Morgan fingerprint density at radius 3 is 2.56 bits per heavy atom. The number of hydrogen-bond acceptors (Lipinski definition) is 5. The molecular weight excluding hydrogens is 366 g/mol. The molecule has 0 bridgehead atoms. The van der Waals surface area contributed by atoms with Crippen LogP contribution in [0.2, 0.25) is 0 Å². The van der Waals surface area contributed by atoms with E-state index in [1.165, 1.54) is 16.3 Å². The zero-order chi connectivity index (χ0) is 20.0. The van der Waals surface area contributed by atoms with Crippen LogP contribution >= 0.6 is 0 Å². The lowest BCUT2D eigenvalue weighted by Crippen LogP contribution is -2.44. The minimum absolute atomic E-state index is 0.0635. The fraction of sp³-hybridized carbons (Fsp3) is 0.579. The molecule has 1 fully saturated rings. The highest BCUT2D eigenvalue weighted by Gasteiger charge is 2.35. The van der Waals surface area contributed by atoms with Gasteiger partial charge in [0.05, 0.1) is 18.1 Å². The molecule has 0 spiro atoms. The van der Waals surface area contributed by atoms with Crippen LogP contribution in [0.1, 0.15) is 26.2 Å². The predicted molar refractivity (Wildman–Crippen MR) is 102 cm³/mol. The quantitative estimate of drug-likeness (QED) is 0.662. The van der Waals surface area contributed by atoms with Crippen molar-refractivity contribution in [2.45, 2.75) is 31.1 Å². The third-order valence-corrected chi connectivity index (χ3v) is 7.13. The minimum atomic E-state index is -3.57. The number of nitriles is 1. The van der Waals surface area contributed by atoms with Gasteiger partial charge in [0, 0.05) is 26.6 Å². The number of rotatable bonds is 7. The predicted octanol–water partition coefficient (Wildman–Crippen LogP) is 2.10. The van der Waals surface area contributed by atoms with Crippen molar-refractivity contribution in [2.75, 3.05) is 33.8 Å². The van der Waals surface area contributed by atoms with E-state index in [0.717, 1.165) is 6.42 Å². The number of sulfonamides is 1. The molecule has 1 aliphatic rings. The van der Waals surface area contributed by atoms with E-state index in [0.29, 0.717) is 31.7 Å². The van der Waals surface area contributed by atoms with Crippen molar-refractivity contribution in [1.82, 2.24) is 9.21 Å². The lowest BCUT2D eigenvalue weighted by Gasteiger charge is -2.37. The second-order valence-electron chi connectivity index (χ2n) is 6.87. The Kier molecular flexibility index (Phi) is 7.22. The van der Waals surface area contributed by atoms with E-state index in [2.05, 4.69) is 0 Å². The molecule has 2 atom stereocenters. The van der Waals surface area contributed by atoms with E-state index in [1.54, 1.807) is 31.3 Å². The van der Waals surface area contributed by atoms with Crippen LogP contribution < -0.4 is 4.74 Å². The van der Waals surface area contributed by atoms with E-state index in [9.17, 15) is 13.2 Å². The summed E-state index contributed by atoms with van der Waals surface area (Å²) in [6.45, 7) is 2.89. The van der Waals surface area contributed by atoms with E-state index in [1.807, 2.05) is 13.0 Å². The number of nitrogens with zero attached hydrogens (tertiary/aromatic N) is 3. The first-order valence-electron chi connectivity index (χ1n) is 9.08. The molecule has 0 aromatic heterocycles. The second kappa shape index (κ2) is 9.20. The van der Waals surface area contributed by atoms with Gasteiger partial charge in [-0.1, -0.05) is 13.3 Å². The first-order chi connectivity index (χ1) is 12.8. The first-order valence-corrected chi connectivity index (χ1v) is 10.5. The molecule has 0 saturated carbocycles. The Bertz CT molecular complexity index is 786. The van der Waals surface area contributed by atoms with Crippen molar-refractivity contribution >= 4 is 15.9 Å². The van der Waals surface area contributed by atoms with Gasteiger partial charge in [-0.15, -0.1) is 0 Å². The molecule has 1 amide bonds. The van der Waals surface area contributed by atoms with Crippen molar-refractivity contribution < 1.29 is 17.9 Å². The molecule has 2 rings (SSSR count). The van der Waals surface area contributed by atoms with E-state index < -0.39 is 10.0 Å². The number of hydrogen-bond donors (Lipinski definition) is 0. The third kappa shape index (κ3) is 4.99. The fourth-order valence-electron chi connectivity index (χ4n) is 3.47. The normalized spacial score (nSPS) is 20.7. The first kappa shape index (κ1) is 21.2. The zero-order valence-electron chi connectivity index (χ0n) is 16.1. The average Bonchev–Trinajstić information content (AvgIpc) is 2.68. The van der Waals surface area contributed by atoms with Gasteiger partial charge in [-0.3, -0.25) is 4.79 Å².